The molecule has 0 aliphatic heterocycles. The molecule has 0 saturated carbocycles. The summed E-state index contributed by atoms with van der Waals surface area (Å²) in [6.07, 6.45) is -0.408. The predicted octanol–water partition coefficient (Wildman–Crippen LogP) is 4.90. The maximum Gasteiger partial charge on any atom is 0.335 e. The number of nitrogens with one attached hydrogen (secondary N) is 1. The number of methoxy groups -OCH3 is 1. The number of carboxylic acid groups (broad SMARTS) is 1. The lowest BCUT2D eigenvalue weighted by molar-refractivity contribution is -0.115. The summed E-state index contributed by atoms with van der Waals surface area (Å²) < 4.78 is 13.5. The Labute approximate surface area is 208 Å². The van der Waals surface area contributed by atoms with Crippen LogP contribution >= 0.6 is 11.8 Å². The number of para-hydroxylation sites is 2. The monoisotopic (exact) mass is 498 g/mol. The SMILES string of the molecule is COc1ccccc1OC(C)c1nnc(SC(C)C(=O)Nc2cccc(C(=O)O)c2)n1CC(C)C. The first-order chi connectivity index (χ1) is 16.7. The Morgan fingerprint density at radius 2 is 1.77 bits per heavy atom. The molecule has 2 aromatic carbocycles. The number of carbonyl (C=O) groups excluding carboxylic acids is 1. The van der Waals surface area contributed by atoms with E-state index >= 15 is 0 Å². The number of aromatic carboxylic acids is 1. The molecule has 0 aliphatic carbocycles. The Bertz CT molecular complexity index is 1180. The van der Waals surface area contributed by atoms with E-state index in [4.69, 9.17) is 14.6 Å². The first-order valence-corrected chi connectivity index (χ1v) is 12.1. The number of anilines is 1. The van der Waals surface area contributed by atoms with Crippen LogP contribution in [0.2, 0.25) is 0 Å². The minimum absolute atomic E-state index is 0.105. The van der Waals surface area contributed by atoms with E-state index in [-0.39, 0.29) is 11.5 Å². The van der Waals surface area contributed by atoms with Crippen LogP contribution in [0.25, 0.3) is 0 Å². The van der Waals surface area contributed by atoms with Crippen LogP contribution in [0.15, 0.2) is 53.7 Å². The Balaban J connectivity index is 1.77. The molecule has 2 atom stereocenters. The van der Waals surface area contributed by atoms with Crippen molar-refractivity contribution in [2.75, 3.05) is 12.4 Å². The largest absolute Gasteiger partial charge is 0.493 e. The van der Waals surface area contributed by atoms with Crippen LogP contribution in [0.4, 0.5) is 5.69 Å². The molecule has 9 nitrogen and oxygen atoms in total. The molecule has 0 saturated heterocycles. The number of carbonyl (C=O) groups is 2. The molecule has 0 bridgehead atoms. The van der Waals surface area contributed by atoms with Gasteiger partial charge in [-0.25, -0.2) is 4.79 Å². The van der Waals surface area contributed by atoms with Crippen molar-refractivity contribution in [3.05, 3.63) is 59.9 Å². The number of nitrogens with zero attached hydrogens (tertiary/aromatic N) is 3. The van der Waals surface area contributed by atoms with Crippen molar-refractivity contribution in [2.45, 2.75) is 50.8 Å². The molecule has 10 heteroatoms. The number of aromatic nitrogens is 3. The fourth-order valence-corrected chi connectivity index (χ4v) is 4.23. The first kappa shape index (κ1) is 26.1. The van der Waals surface area contributed by atoms with Gasteiger partial charge in [0.25, 0.3) is 0 Å². The molecule has 1 amide bonds. The number of thioether (sulfide) groups is 1. The topological polar surface area (TPSA) is 116 Å². The van der Waals surface area contributed by atoms with E-state index in [1.807, 2.05) is 35.8 Å². The average molecular weight is 499 g/mol. The van der Waals surface area contributed by atoms with E-state index in [1.165, 1.54) is 23.9 Å². The van der Waals surface area contributed by atoms with Gasteiger partial charge in [-0.05, 0) is 50.1 Å². The lowest BCUT2D eigenvalue weighted by atomic mass is 10.2. The van der Waals surface area contributed by atoms with Gasteiger partial charge < -0.3 is 24.5 Å². The summed E-state index contributed by atoms with van der Waals surface area (Å²) in [5, 5.41) is 20.8. The van der Waals surface area contributed by atoms with Crippen molar-refractivity contribution in [3.63, 3.8) is 0 Å². The quantitative estimate of drug-likeness (QED) is 0.359. The fraction of sp³-hybridized carbons (Fsp3) is 0.360. The van der Waals surface area contributed by atoms with Crippen molar-refractivity contribution in [3.8, 4) is 11.5 Å². The molecule has 1 heterocycles. The summed E-state index contributed by atoms with van der Waals surface area (Å²) in [7, 11) is 1.59. The van der Waals surface area contributed by atoms with E-state index < -0.39 is 17.3 Å². The Morgan fingerprint density at radius 1 is 1.06 bits per heavy atom. The van der Waals surface area contributed by atoms with Gasteiger partial charge in [-0.1, -0.05) is 43.8 Å². The van der Waals surface area contributed by atoms with Crippen molar-refractivity contribution < 1.29 is 24.2 Å². The number of rotatable bonds is 11. The van der Waals surface area contributed by atoms with Crippen molar-refractivity contribution in [1.82, 2.24) is 14.8 Å². The second-order valence-corrected chi connectivity index (χ2v) is 9.70. The molecular formula is C25H30N4O5S. The van der Waals surface area contributed by atoms with E-state index in [1.54, 1.807) is 26.2 Å². The highest BCUT2D eigenvalue weighted by Crippen LogP contribution is 2.32. The fourth-order valence-electron chi connectivity index (χ4n) is 3.37. The zero-order valence-corrected chi connectivity index (χ0v) is 21.2. The molecule has 186 valence electrons. The zero-order chi connectivity index (χ0) is 25.5. The number of carboxylic acids is 1. The summed E-state index contributed by atoms with van der Waals surface area (Å²) in [5.41, 5.74) is 0.527. The highest BCUT2D eigenvalue weighted by atomic mass is 32.2. The number of ether oxygens (including phenoxy) is 2. The predicted molar refractivity (Wildman–Crippen MR) is 134 cm³/mol. The summed E-state index contributed by atoms with van der Waals surface area (Å²) in [5.74, 6) is 0.867. The molecule has 0 aliphatic rings. The van der Waals surface area contributed by atoms with Crippen LogP contribution in [0, 0.1) is 5.92 Å². The molecule has 0 spiro atoms. The second kappa shape index (κ2) is 11.7. The maximum absolute atomic E-state index is 12.8. The molecule has 3 aromatic rings. The van der Waals surface area contributed by atoms with Gasteiger partial charge in [0.05, 0.1) is 17.9 Å². The lowest BCUT2D eigenvalue weighted by Crippen LogP contribution is -2.23. The molecule has 35 heavy (non-hydrogen) atoms. The molecule has 0 radical (unpaired) electrons. The smallest absolute Gasteiger partial charge is 0.335 e. The number of benzene rings is 2. The molecule has 0 fully saturated rings. The van der Waals surface area contributed by atoms with Gasteiger partial charge in [0, 0.05) is 12.2 Å². The number of hydrogen-bond donors (Lipinski definition) is 2. The Morgan fingerprint density at radius 3 is 2.43 bits per heavy atom. The maximum atomic E-state index is 12.8. The lowest BCUT2D eigenvalue weighted by Gasteiger charge is -2.19. The van der Waals surface area contributed by atoms with E-state index in [0.29, 0.717) is 40.6 Å². The number of hydrogen-bond acceptors (Lipinski definition) is 7. The van der Waals surface area contributed by atoms with Crippen LogP contribution in [0.1, 0.15) is 50.0 Å². The van der Waals surface area contributed by atoms with Crippen LogP contribution in [0.5, 0.6) is 11.5 Å². The van der Waals surface area contributed by atoms with Gasteiger partial charge in [-0.15, -0.1) is 10.2 Å². The van der Waals surface area contributed by atoms with Crippen molar-refractivity contribution >= 4 is 29.3 Å². The summed E-state index contributed by atoms with van der Waals surface area (Å²) in [6.45, 7) is 8.50. The minimum Gasteiger partial charge on any atom is -0.493 e. The molecule has 2 N–H and O–H groups in total. The molecule has 3 rings (SSSR count). The average Bonchev–Trinajstić information content (AvgIpc) is 3.20. The van der Waals surface area contributed by atoms with E-state index in [9.17, 15) is 9.59 Å². The summed E-state index contributed by atoms with van der Waals surface area (Å²) >= 11 is 1.28. The molecular weight excluding hydrogens is 468 g/mol. The van der Waals surface area contributed by atoms with Gasteiger partial charge in [-0.3, -0.25) is 4.79 Å². The van der Waals surface area contributed by atoms with E-state index in [0.717, 1.165) is 0 Å². The van der Waals surface area contributed by atoms with Gasteiger partial charge in [-0.2, -0.15) is 0 Å². The van der Waals surface area contributed by atoms with Crippen LogP contribution in [-0.2, 0) is 11.3 Å². The molecule has 2 unspecified atom stereocenters. The third-order valence-corrected chi connectivity index (χ3v) is 6.14. The van der Waals surface area contributed by atoms with Gasteiger partial charge in [0.2, 0.25) is 5.91 Å². The van der Waals surface area contributed by atoms with Crippen molar-refractivity contribution in [2.24, 2.45) is 5.92 Å². The van der Waals surface area contributed by atoms with E-state index in [2.05, 4.69) is 29.4 Å². The van der Waals surface area contributed by atoms with Crippen LogP contribution in [0.3, 0.4) is 0 Å². The van der Waals surface area contributed by atoms with Gasteiger partial charge in [0.1, 0.15) is 0 Å². The minimum atomic E-state index is -1.05. The van der Waals surface area contributed by atoms with Crippen molar-refractivity contribution in [1.29, 1.82) is 0 Å². The van der Waals surface area contributed by atoms with Crippen LogP contribution < -0.4 is 14.8 Å². The Kier molecular flexibility index (Phi) is 8.75. The molecule has 1 aromatic heterocycles. The summed E-state index contributed by atoms with van der Waals surface area (Å²) in [6, 6.07) is 13.5. The standard InChI is InChI=1S/C25H30N4O5S/c1-15(2)14-29-22(16(3)34-21-12-7-6-11-20(21)33-5)27-28-25(29)35-17(4)23(30)26-19-10-8-9-18(13-19)24(31)32/h6-13,15-17H,14H2,1-5H3,(H,26,30)(H,31,32). The normalized spacial score (nSPS) is 12.7. The highest BCUT2D eigenvalue weighted by Gasteiger charge is 2.24. The van der Waals surface area contributed by atoms with Gasteiger partial charge in [0.15, 0.2) is 28.6 Å². The zero-order valence-electron chi connectivity index (χ0n) is 20.4. The number of amides is 1. The Hall–Kier alpha value is -3.53. The third-order valence-electron chi connectivity index (χ3n) is 5.06. The van der Waals surface area contributed by atoms with Crippen LogP contribution in [-0.4, -0.2) is 44.1 Å². The third kappa shape index (κ3) is 6.75. The first-order valence-electron chi connectivity index (χ1n) is 11.2. The van der Waals surface area contributed by atoms with Gasteiger partial charge >= 0.3 is 5.97 Å². The summed E-state index contributed by atoms with van der Waals surface area (Å²) in [4.78, 5) is 24.0. The highest BCUT2D eigenvalue weighted by molar-refractivity contribution is 8.00. The second-order valence-electron chi connectivity index (χ2n) is 8.39.